The summed E-state index contributed by atoms with van der Waals surface area (Å²) >= 11 is 0. The predicted molar refractivity (Wildman–Crippen MR) is 52.2 cm³/mol. The summed E-state index contributed by atoms with van der Waals surface area (Å²) < 4.78 is 0. The first-order valence-electron chi connectivity index (χ1n) is 3.78. The van der Waals surface area contributed by atoms with Crippen LogP contribution in [0, 0.1) is 0 Å². The van der Waals surface area contributed by atoms with E-state index in [9.17, 15) is 0 Å². The lowest BCUT2D eigenvalue weighted by atomic mass is 10.2. The highest BCUT2D eigenvalue weighted by atomic mass is 15.2. The Morgan fingerprint density at radius 2 is 2.62 bits per heavy atom. The summed E-state index contributed by atoms with van der Waals surface area (Å²) in [6.45, 7) is 5.39. The SMILES string of the molecule is C=C=C(/C=C\N=CC)c1ncn[nH]1. The molecule has 0 saturated heterocycles. The van der Waals surface area contributed by atoms with Crippen LogP contribution in [0.25, 0.3) is 5.57 Å². The summed E-state index contributed by atoms with van der Waals surface area (Å²) in [6, 6.07) is 0. The van der Waals surface area contributed by atoms with Gasteiger partial charge in [-0.05, 0) is 13.0 Å². The summed E-state index contributed by atoms with van der Waals surface area (Å²) in [7, 11) is 0. The fourth-order valence-electron chi connectivity index (χ4n) is 0.760. The Morgan fingerprint density at radius 3 is 3.15 bits per heavy atom. The summed E-state index contributed by atoms with van der Waals surface area (Å²) in [5.41, 5.74) is 3.47. The highest BCUT2D eigenvalue weighted by Gasteiger charge is 1.97. The minimum absolute atomic E-state index is 0.637. The van der Waals surface area contributed by atoms with Crippen molar-refractivity contribution >= 4 is 11.8 Å². The topological polar surface area (TPSA) is 53.9 Å². The second-order valence-electron chi connectivity index (χ2n) is 2.15. The van der Waals surface area contributed by atoms with Crippen molar-refractivity contribution in [2.24, 2.45) is 4.99 Å². The molecule has 1 aromatic rings. The first-order valence-corrected chi connectivity index (χ1v) is 3.78. The van der Waals surface area contributed by atoms with E-state index in [1.165, 1.54) is 6.33 Å². The molecule has 0 saturated carbocycles. The lowest BCUT2D eigenvalue weighted by Crippen LogP contribution is -1.82. The number of H-pyrrole nitrogens is 1. The van der Waals surface area contributed by atoms with Crippen LogP contribution in [-0.2, 0) is 0 Å². The summed E-state index contributed by atoms with van der Waals surface area (Å²) in [4.78, 5) is 7.87. The second kappa shape index (κ2) is 4.85. The smallest absolute Gasteiger partial charge is 0.163 e. The van der Waals surface area contributed by atoms with Crippen LogP contribution in [0.5, 0.6) is 0 Å². The molecular formula is C9H10N4. The number of hydrogen-bond donors (Lipinski definition) is 1. The van der Waals surface area contributed by atoms with E-state index < -0.39 is 0 Å². The van der Waals surface area contributed by atoms with Crippen LogP contribution in [0.4, 0.5) is 0 Å². The van der Waals surface area contributed by atoms with E-state index in [-0.39, 0.29) is 0 Å². The molecule has 0 unspecified atom stereocenters. The molecule has 0 aromatic carbocycles. The van der Waals surface area contributed by atoms with E-state index in [4.69, 9.17) is 0 Å². The largest absolute Gasteiger partial charge is 0.269 e. The summed E-state index contributed by atoms with van der Waals surface area (Å²) in [5.74, 6) is 0.637. The zero-order chi connectivity index (χ0) is 9.52. The summed E-state index contributed by atoms with van der Waals surface area (Å²) in [5, 5.41) is 6.43. The fourth-order valence-corrected chi connectivity index (χ4v) is 0.760. The van der Waals surface area contributed by atoms with Gasteiger partial charge in [-0.1, -0.05) is 6.58 Å². The number of nitrogens with one attached hydrogen (secondary N) is 1. The van der Waals surface area contributed by atoms with Crippen molar-refractivity contribution in [1.82, 2.24) is 15.2 Å². The van der Waals surface area contributed by atoms with Crippen molar-refractivity contribution < 1.29 is 0 Å². The zero-order valence-electron chi connectivity index (χ0n) is 7.36. The van der Waals surface area contributed by atoms with Gasteiger partial charge in [0.1, 0.15) is 6.33 Å². The Morgan fingerprint density at radius 1 is 1.77 bits per heavy atom. The van der Waals surface area contributed by atoms with Gasteiger partial charge in [0.05, 0.1) is 5.57 Å². The van der Waals surface area contributed by atoms with Crippen molar-refractivity contribution in [2.75, 3.05) is 0 Å². The van der Waals surface area contributed by atoms with Gasteiger partial charge in [-0.3, -0.25) is 10.1 Å². The van der Waals surface area contributed by atoms with Gasteiger partial charge in [0, 0.05) is 12.4 Å². The molecule has 4 nitrogen and oxygen atoms in total. The van der Waals surface area contributed by atoms with E-state index >= 15 is 0 Å². The van der Waals surface area contributed by atoms with Gasteiger partial charge < -0.3 is 0 Å². The van der Waals surface area contributed by atoms with Crippen molar-refractivity contribution in [3.05, 3.63) is 36.7 Å². The van der Waals surface area contributed by atoms with Gasteiger partial charge in [0.2, 0.25) is 0 Å². The standard InChI is InChI=1S/C9H10N4/c1-3-8(5-6-10-4-2)9-11-7-12-13-9/h4-7H,1H2,2H3,(H,11,12,13)/b6-5-,10-4?. The monoisotopic (exact) mass is 174 g/mol. The first-order chi connectivity index (χ1) is 6.38. The van der Waals surface area contributed by atoms with E-state index in [1.807, 2.05) is 6.92 Å². The molecule has 66 valence electrons. The lowest BCUT2D eigenvalue weighted by Gasteiger charge is -1.89. The molecule has 1 N–H and O–H groups in total. The molecule has 0 fully saturated rings. The van der Waals surface area contributed by atoms with E-state index in [2.05, 4.69) is 32.5 Å². The van der Waals surface area contributed by atoms with Crippen LogP contribution >= 0.6 is 0 Å². The van der Waals surface area contributed by atoms with Crippen molar-refractivity contribution in [3.63, 3.8) is 0 Å². The number of rotatable bonds is 3. The summed E-state index contributed by atoms with van der Waals surface area (Å²) in [6.07, 6.45) is 6.53. The molecule has 13 heavy (non-hydrogen) atoms. The first kappa shape index (κ1) is 9.16. The Labute approximate surface area is 76.4 Å². The fraction of sp³-hybridized carbons (Fsp3) is 0.111. The number of hydrogen-bond acceptors (Lipinski definition) is 3. The molecular weight excluding hydrogens is 164 g/mol. The van der Waals surface area contributed by atoms with Crippen LogP contribution in [0.2, 0.25) is 0 Å². The van der Waals surface area contributed by atoms with Crippen molar-refractivity contribution in [1.29, 1.82) is 0 Å². The molecule has 4 heteroatoms. The van der Waals surface area contributed by atoms with Crippen molar-refractivity contribution in [3.8, 4) is 0 Å². The number of allylic oxidation sites excluding steroid dienone is 2. The highest BCUT2D eigenvalue weighted by Crippen LogP contribution is 2.06. The Balaban J connectivity index is 2.83. The Bertz CT molecular complexity index is 353. The van der Waals surface area contributed by atoms with Crippen molar-refractivity contribution in [2.45, 2.75) is 6.92 Å². The normalized spacial score (nSPS) is 10.8. The number of aromatic amines is 1. The van der Waals surface area contributed by atoms with Gasteiger partial charge in [0.15, 0.2) is 5.82 Å². The molecule has 1 heterocycles. The molecule has 1 aromatic heterocycles. The molecule has 0 amide bonds. The lowest BCUT2D eigenvalue weighted by molar-refractivity contribution is 1.07. The number of aromatic nitrogens is 3. The van der Waals surface area contributed by atoms with Gasteiger partial charge in [-0.25, -0.2) is 4.98 Å². The average molecular weight is 174 g/mol. The predicted octanol–water partition coefficient (Wildman–Crippen LogP) is 1.58. The maximum absolute atomic E-state index is 3.96. The van der Waals surface area contributed by atoms with E-state index in [1.54, 1.807) is 18.5 Å². The molecule has 0 bridgehead atoms. The molecule has 0 spiro atoms. The van der Waals surface area contributed by atoms with Crippen LogP contribution in [-0.4, -0.2) is 21.4 Å². The quantitative estimate of drug-likeness (QED) is 0.429. The number of nitrogens with zero attached hydrogens (tertiary/aromatic N) is 3. The minimum atomic E-state index is 0.637. The Kier molecular flexibility index (Phi) is 3.42. The minimum Gasteiger partial charge on any atom is -0.269 e. The third kappa shape index (κ3) is 2.54. The van der Waals surface area contributed by atoms with Gasteiger partial charge >= 0.3 is 0 Å². The van der Waals surface area contributed by atoms with Crippen LogP contribution in [0.15, 0.2) is 35.9 Å². The maximum Gasteiger partial charge on any atom is 0.163 e. The Hall–Kier alpha value is -1.93. The van der Waals surface area contributed by atoms with Gasteiger partial charge in [-0.2, -0.15) is 5.10 Å². The zero-order valence-corrected chi connectivity index (χ0v) is 7.36. The molecule has 1 rings (SSSR count). The molecule has 0 aliphatic carbocycles. The third-order valence-electron chi connectivity index (χ3n) is 1.34. The second-order valence-corrected chi connectivity index (χ2v) is 2.15. The van der Waals surface area contributed by atoms with Crippen LogP contribution in [0.1, 0.15) is 12.7 Å². The number of aliphatic imine (C=N–C) groups is 1. The van der Waals surface area contributed by atoms with Gasteiger partial charge in [0.25, 0.3) is 0 Å². The maximum atomic E-state index is 3.96. The average Bonchev–Trinajstić information content (AvgIpc) is 2.65. The van der Waals surface area contributed by atoms with Crippen LogP contribution < -0.4 is 0 Å². The molecule has 0 radical (unpaired) electrons. The van der Waals surface area contributed by atoms with E-state index in [0.717, 1.165) is 5.57 Å². The molecule has 0 aliphatic heterocycles. The van der Waals surface area contributed by atoms with Gasteiger partial charge in [-0.15, -0.1) is 5.73 Å². The third-order valence-corrected chi connectivity index (χ3v) is 1.34. The molecule has 0 atom stereocenters. The highest BCUT2D eigenvalue weighted by molar-refractivity contribution is 5.68. The van der Waals surface area contributed by atoms with Crippen LogP contribution in [0.3, 0.4) is 0 Å². The van der Waals surface area contributed by atoms with E-state index in [0.29, 0.717) is 5.82 Å². The molecule has 0 aliphatic rings.